The predicted octanol–water partition coefficient (Wildman–Crippen LogP) is 3.10. The van der Waals surface area contributed by atoms with E-state index < -0.39 is 0 Å². The van der Waals surface area contributed by atoms with Crippen molar-refractivity contribution in [2.45, 2.75) is 39.0 Å². The van der Waals surface area contributed by atoms with Crippen molar-refractivity contribution < 1.29 is 4.79 Å². The van der Waals surface area contributed by atoms with Crippen molar-refractivity contribution in [3.63, 3.8) is 0 Å². The van der Waals surface area contributed by atoms with Crippen molar-refractivity contribution in [1.29, 1.82) is 0 Å². The lowest BCUT2D eigenvalue weighted by Crippen LogP contribution is -2.30. The molecule has 16 heavy (non-hydrogen) atoms. The Kier molecular flexibility index (Phi) is 4.50. The van der Waals surface area contributed by atoms with Crippen molar-refractivity contribution in [2.24, 2.45) is 17.8 Å². The first-order chi connectivity index (χ1) is 7.70. The van der Waals surface area contributed by atoms with Gasteiger partial charge in [-0.25, -0.2) is 0 Å². The molecule has 1 amide bonds. The average Bonchev–Trinajstić information content (AvgIpc) is 2.72. The first-order valence-corrected chi connectivity index (χ1v) is 8.07. The maximum atomic E-state index is 12.1. The van der Waals surface area contributed by atoms with Gasteiger partial charge in [0.25, 0.3) is 0 Å². The first kappa shape index (κ1) is 12.7. The van der Waals surface area contributed by atoms with Gasteiger partial charge in [-0.05, 0) is 30.6 Å². The maximum absolute atomic E-state index is 12.1. The summed E-state index contributed by atoms with van der Waals surface area (Å²) in [4.78, 5) is 14.2. The Bertz CT molecular complexity index is 242. The van der Waals surface area contributed by atoms with Gasteiger partial charge in [-0.3, -0.25) is 4.79 Å². The van der Waals surface area contributed by atoms with Gasteiger partial charge in [-0.15, -0.1) is 0 Å². The molecule has 0 aromatic heterocycles. The molecule has 1 heterocycles. The first-order valence-electron chi connectivity index (χ1n) is 6.54. The molecule has 0 spiro atoms. The van der Waals surface area contributed by atoms with E-state index in [2.05, 4.69) is 34.4 Å². The fourth-order valence-electron chi connectivity index (χ4n) is 3.09. The van der Waals surface area contributed by atoms with Crippen LogP contribution in [0, 0.1) is 17.8 Å². The smallest absolute Gasteiger partial charge is 0.222 e. The van der Waals surface area contributed by atoms with Gasteiger partial charge in [-0.1, -0.05) is 42.4 Å². The summed E-state index contributed by atoms with van der Waals surface area (Å²) in [5, 5.41) is 0. The number of halogens is 1. The molecule has 0 bridgehead atoms. The number of fused-ring (bicyclic) bond motifs is 1. The van der Waals surface area contributed by atoms with Crippen LogP contribution in [-0.2, 0) is 4.79 Å². The summed E-state index contributed by atoms with van der Waals surface area (Å²) in [6, 6.07) is 0. The van der Waals surface area contributed by atoms with Gasteiger partial charge in [0.2, 0.25) is 5.91 Å². The van der Waals surface area contributed by atoms with Crippen LogP contribution in [0.5, 0.6) is 0 Å². The zero-order valence-corrected chi connectivity index (χ0v) is 12.3. The highest BCUT2D eigenvalue weighted by atomic mass is 127. The van der Waals surface area contributed by atoms with Gasteiger partial charge in [-0.2, -0.15) is 0 Å². The van der Waals surface area contributed by atoms with Gasteiger partial charge in [0, 0.05) is 23.9 Å². The quantitative estimate of drug-likeness (QED) is 0.573. The minimum absolute atomic E-state index is 0.401. The van der Waals surface area contributed by atoms with Gasteiger partial charge in [0.15, 0.2) is 0 Å². The fraction of sp³-hybridized carbons (Fsp3) is 0.923. The number of likely N-dealkylation sites (tertiary alicyclic amines) is 1. The van der Waals surface area contributed by atoms with Crippen LogP contribution < -0.4 is 0 Å². The summed E-state index contributed by atoms with van der Waals surface area (Å²) in [7, 11) is 0. The number of amides is 1. The molecule has 3 unspecified atom stereocenters. The number of carbonyl (C=O) groups excluding carboxylic acids is 1. The highest BCUT2D eigenvalue weighted by molar-refractivity contribution is 14.1. The summed E-state index contributed by atoms with van der Waals surface area (Å²) >= 11 is 2.37. The second-order valence-corrected chi connectivity index (χ2v) is 6.45. The monoisotopic (exact) mass is 335 g/mol. The second kappa shape index (κ2) is 5.69. The molecule has 2 rings (SSSR count). The second-order valence-electron chi connectivity index (χ2n) is 5.57. The zero-order chi connectivity index (χ0) is 11.5. The van der Waals surface area contributed by atoms with Gasteiger partial charge in [0.1, 0.15) is 0 Å². The molecule has 0 aromatic rings. The van der Waals surface area contributed by atoms with E-state index in [1.807, 2.05) is 0 Å². The number of carbonyl (C=O) groups is 1. The standard InChI is InChI=1S/C13H22INO/c1-10(7-14)6-13(16)15-8-11-4-2-3-5-12(11)9-15/h10-12H,2-9H2,1H3. The lowest BCUT2D eigenvalue weighted by molar-refractivity contribution is -0.131. The van der Waals surface area contributed by atoms with Crippen LogP contribution in [0.15, 0.2) is 0 Å². The molecule has 1 saturated heterocycles. The summed E-state index contributed by atoms with van der Waals surface area (Å²) in [5.41, 5.74) is 0. The van der Waals surface area contributed by atoms with Gasteiger partial charge in [0.05, 0.1) is 0 Å². The molecule has 1 aliphatic carbocycles. The number of alkyl halides is 1. The molecule has 92 valence electrons. The topological polar surface area (TPSA) is 20.3 Å². The third kappa shape index (κ3) is 2.90. The minimum Gasteiger partial charge on any atom is -0.342 e. The molecular formula is C13H22INO. The van der Waals surface area contributed by atoms with E-state index in [1.54, 1.807) is 0 Å². The number of hydrogen-bond acceptors (Lipinski definition) is 1. The van der Waals surface area contributed by atoms with E-state index >= 15 is 0 Å². The van der Waals surface area contributed by atoms with Crippen LogP contribution in [0.1, 0.15) is 39.0 Å². The Morgan fingerprint density at radius 1 is 1.31 bits per heavy atom. The van der Waals surface area contributed by atoms with Crippen molar-refractivity contribution >= 4 is 28.5 Å². The molecule has 3 atom stereocenters. The van der Waals surface area contributed by atoms with Crippen molar-refractivity contribution in [3.05, 3.63) is 0 Å². The molecule has 2 fully saturated rings. The third-order valence-electron chi connectivity index (χ3n) is 4.12. The minimum atomic E-state index is 0.401. The molecule has 0 N–H and O–H groups in total. The van der Waals surface area contributed by atoms with E-state index in [0.29, 0.717) is 11.8 Å². The summed E-state index contributed by atoms with van der Waals surface area (Å²) in [5.74, 6) is 2.59. The number of nitrogens with zero attached hydrogens (tertiary/aromatic N) is 1. The maximum Gasteiger partial charge on any atom is 0.222 e. The van der Waals surface area contributed by atoms with Crippen LogP contribution in [-0.4, -0.2) is 28.3 Å². The largest absolute Gasteiger partial charge is 0.342 e. The summed E-state index contributed by atoms with van der Waals surface area (Å²) in [6.07, 6.45) is 6.23. The Balaban J connectivity index is 1.85. The Morgan fingerprint density at radius 2 is 1.88 bits per heavy atom. The lowest BCUT2D eigenvalue weighted by Gasteiger charge is -2.22. The number of hydrogen-bond donors (Lipinski definition) is 0. The Morgan fingerprint density at radius 3 is 2.38 bits per heavy atom. The molecular weight excluding hydrogens is 313 g/mol. The lowest BCUT2D eigenvalue weighted by atomic mass is 9.82. The van der Waals surface area contributed by atoms with Crippen LogP contribution in [0.4, 0.5) is 0 Å². The van der Waals surface area contributed by atoms with E-state index in [4.69, 9.17) is 0 Å². The van der Waals surface area contributed by atoms with Crippen LogP contribution in [0.2, 0.25) is 0 Å². The van der Waals surface area contributed by atoms with Gasteiger partial charge >= 0.3 is 0 Å². The highest BCUT2D eigenvalue weighted by Crippen LogP contribution is 2.36. The van der Waals surface area contributed by atoms with Crippen LogP contribution in [0.25, 0.3) is 0 Å². The van der Waals surface area contributed by atoms with Gasteiger partial charge < -0.3 is 4.90 Å². The predicted molar refractivity (Wildman–Crippen MR) is 74.7 cm³/mol. The van der Waals surface area contributed by atoms with E-state index in [1.165, 1.54) is 25.7 Å². The van der Waals surface area contributed by atoms with Crippen molar-refractivity contribution in [3.8, 4) is 0 Å². The van der Waals surface area contributed by atoms with E-state index in [0.717, 1.165) is 35.8 Å². The fourth-order valence-corrected chi connectivity index (χ4v) is 3.40. The molecule has 0 radical (unpaired) electrons. The Labute approximate surface area is 112 Å². The number of rotatable bonds is 3. The van der Waals surface area contributed by atoms with E-state index in [9.17, 15) is 4.79 Å². The summed E-state index contributed by atoms with van der Waals surface area (Å²) < 4.78 is 1.09. The van der Waals surface area contributed by atoms with Crippen LogP contribution in [0.3, 0.4) is 0 Å². The van der Waals surface area contributed by atoms with Crippen molar-refractivity contribution in [2.75, 3.05) is 17.5 Å². The molecule has 2 nitrogen and oxygen atoms in total. The van der Waals surface area contributed by atoms with Crippen LogP contribution >= 0.6 is 22.6 Å². The third-order valence-corrected chi connectivity index (χ3v) is 5.62. The molecule has 1 saturated carbocycles. The SMILES string of the molecule is CC(CI)CC(=O)N1CC2CCCCC2C1. The van der Waals surface area contributed by atoms with Crippen molar-refractivity contribution in [1.82, 2.24) is 4.90 Å². The molecule has 1 aliphatic heterocycles. The molecule has 2 aliphatic rings. The Hall–Kier alpha value is 0.200. The van der Waals surface area contributed by atoms with E-state index in [-0.39, 0.29) is 0 Å². The highest BCUT2D eigenvalue weighted by Gasteiger charge is 2.36. The summed E-state index contributed by atoms with van der Waals surface area (Å²) in [6.45, 7) is 4.28. The molecule has 0 aromatic carbocycles. The molecule has 3 heteroatoms. The normalized spacial score (nSPS) is 31.2. The average molecular weight is 335 g/mol. The zero-order valence-electron chi connectivity index (χ0n) is 10.1.